The van der Waals surface area contributed by atoms with E-state index in [0.717, 1.165) is 0 Å². The average molecular weight is 471 g/mol. The smallest absolute Gasteiger partial charge is 0.235 e. The van der Waals surface area contributed by atoms with Crippen LogP contribution in [0.3, 0.4) is 0 Å². The zero-order chi connectivity index (χ0) is 22.7. The summed E-state index contributed by atoms with van der Waals surface area (Å²) in [6.07, 6.45) is 0. The molecule has 4 aromatic rings. The molecule has 0 amide bonds. The Morgan fingerprint density at radius 2 is 1.62 bits per heavy atom. The molecule has 32 heavy (non-hydrogen) atoms. The predicted molar refractivity (Wildman–Crippen MR) is 126 cm³/mol. The number of fused-ring (bicyclic) bond motifs is 1. The van der Waals surface area contributed by atoms with Crippen LogP contribution in [0.2, 0.25) is 10.0 Å². The molecule has 0 aliphatic carbocycles. The molecule has 0 saturated carbocycles. The summed E-state index contributed by atoms with van der Waals surface area (Å²) in [5.41, 5.74) is 0.793. The van der Waals surface area contributed by atoms with Crippen molar-refractivity contribution in [3.8, 4) is 23.0 Å². The molecule has 7 heteroatoms. The van der Waals surface area contributed by atoms with E-state index in [9.17, 15) is 4.79 Å². The summed E-state index contributed by atoms with van der Waals surface area (Å²) in [6.45, 7) is 4.22. The molecule has 0 fully saturated rings. The normalized spacial score (nSPS) is 10.9. The molecule has 5 nitrogen and oxygen atoms in total. The first-order chi connectivity index (χ1) is 15.5. The Morgan fingerprint density at radius 3 is 2.34 bits per heavy atom. The van der Waals surface area contributed by atoms with Gasteiger partial charge in [0.2, 0.25) is 11.2 Å². The molecule has 0 atom stereocenters. The fraction of sp³-hybridized carbons (Fsp3) is 0.160. The molecule has 1 heterocycles. The Morgan fingerprint density at radius 1 is 0.906 bits per heavy atom. The van der Waals surface area contributed by atoms with Crippen LogP contribution in [0.5, 0.6) is 23.0 Å². The third kappa shape index (κ3) is 4.54. The summed E-state index contributed by atoms with van der Waals surface area (Å²) in [5, 5.41) is 1.42. The highest BCUT2D eigenvalue weighted by Crippen LogP contribution is 2.33. The first-order valence-corrected chi connectivity index (χ1v) is 10.8. The van der Waals surface area contributed by atoms with Crippen LogP contribution in [0.1, 0.15) is 18.2 Å². The molecular formula is C25H20Cl2O5. The summed E-state index contributed by atoms with van der Waals surface area (Å²) in [4.78, 5) is 13.1. The predicted octanol–water partition coefficient (Wildman–Crippen LogP) is 7.18. The van der Waals surface area contributed by atoms with Gasteiger partial charge in [-0.1, -0.05) is 41.4 Å². The van der Waals surface area contributed by atoms with Gasteiger partial charge < -0.3 is 18.6 Å². The van der Waals surface area contributed by atoms with Gasteiger partial charge in [-0.15, -0.1) is 0 Å². The Bertz CT molecular complexity index is 1310. The van der Waals surface area contributed by atoms with Gasteiger partial charge in [-0.3, -0.25) is 4.79 Å². The SMILES string of the molecule is CCOc1ccccc1Oc1c(C)oc2cc(OCc3c(Cl)cccc3Cl)ccc2c1=O. The number of halogens is 2. The van der Waals surface area contributed by atoms with E-state index in [0.29, 0.717) is 56.2 Å². The molecule has 1 aromatic heterocycles. The van der Waals surface area contributed by atoms with Gasteiger partial charge in [0.15, 0.2) is 11.5 Å². The van der Waals surface area contributed by atoms with Crippen molar-refractivity contribution in [2.24, 2.45) is 0 Å². The first-order valence-electron chi connectivity index (χ1n) is 10.0. The van der Waals surface area contributed by atoms with E-state index < -0.39 is 0 Å². The average Bonchev–Trinajstić information content (AvgIpc) is 2.77. The number of benzene rings is 3. The topological polar surface area (TPSA) is 57.9 Å². The lowest BCUT2D eigenvalue weighted by Gasteiger charge is -2.13. The highest BCUT2D eigenvalue weighted by atomic mass is 35.5. The van der Waals surface area contributed by atoms with Crippen LogP contribution in [0.15, 0.2) is 69.9 Å². The number of para-hydroxylation sites is 2. The van der Waals surface area contributed by atoms with Gasteiger partial charge in [0.05, 0.1) is 12.0 Å². The van der Waals surface area contributed by atoms with Gasteiger partial charge in [0.1, 0.15) is 23.7 Å². The Balaban J connectivity index is 1.63. The molecule has 0 aliphatic heterocycles. The second kappa shape index (κ2) is 9.55. The van der Waals surface area contributed by atoms with Crippen molar-refractivity contribution in [2.75, 3.05) is 6.61 Å². The van der Waals surface area contributed by atoms with Crippen molar-refractivity contribution in [2.45, 2.75) is 20.5 Å². The molecule has 4 rings (SSSR count). The second-order valence-electron chi connectivity index (χ2n) is 6.95. The van der Waals surface area contributed by atoms with Crippen LogP contribution < -0.4 is 19.6 Å². The summed E-state index contributed by atoms with van der Waals surface area (Å²) in [7, 11) is 0. The van der Waals surface area contributed by atoms with E-state index in [4.69, 9.17) is 41.8 Å². The number of ether oxygens (including phenoxy) is 3. The Kier molecular flexibility index (Phi) is 6.58. The van der Waals surface area contributed by atoms with Gasteiger partial charge in [0, 0.05) is 21.7 Å². The summed E-state index contributed by atoms with van der Waals surface area (Å²) in [6, 6.07) is 17.4. The van der Waals surface area contributed by atoms with Crippen molar-refractivity contribution in [3.63, 3.8) is 0 Å². The number of rotatable bonds is 7. The molecule has 3 aromatic carbocycles. The number of aryl methyl sites for hydroxylation is 1. The van der Waals surface area contributed by atoms with Gasteiger partial charge in [-0.2, -0.15) is 0 Å². The Labute approximate surface area is 195 Å². The number of hydrogen-bond donors (Lipinski definition) is 0. The molecule has 164 valence electrons. The summed E-state index contributed by atoms with van der Waals surface area (Å²) in [5.74, 6) is 1.98. The highest BCUT2D eigenvalue weighted by Gasteiger charge is 2.17. The molecular weight excluding hydrogens is 451 g/mol. The third-order valence-corrected chi connectivity index (χ3v) is 5.50. The monoisotopic (exact) mass is 470 g/mol. The first kappa shape index (κ1) is 22.1. The molecule has 0 N–H and O–H groups in total. The highest BCUT2D eigenvalue weighted by molar-refractivity contribution is 6.35. The minimum absolute atomic E-state index is 0.112. The van der Waals surface area contributed by atoms with Crippen LogP contribution in [-0.2, 0) is 6.61 Å². The lowest BCUT2D eigenvalue weighted by Crippen LogP contribution is -2.08. The zero-order valence-electron chi connectivity index (χ0n) is 17.5. The number of hydrogen-bond acceptors (Lipinski definition) is 5. The van der Waals surface area contributed by atoms with Crippen molar-refractivity contribution >= 4 is 34.2 Å². The van der Waals surface area contributed by atoms with E-state index in [-0.39, 0.29) is 17.8 Å². The van der Waals surface area contributed by atoms with E-state index in [1.807, 2.05) is 19.1 Å². The minimum atomic E-state index is -0.282. The van der Waals surface area contributed by atoms with Gasteiger partial charge in [-0.25, -0.2) is 0 Å². The molecule has 0 spiro atoms. The quantitative estimate of drug-likeness (QED) is 0.286. The van der Waals surface area contributed by atoms with E-state index in [1.165, 1.54) is 0 Å². The maximum Gasteiger partial charge on any atom is 0.235 e. The van der Waals surface area contributed by atoms with Crippen LogP contribution >= 0.6 is 23.2 Å². The van der Waals surface area contributed by atoms with Crippen molar-refractivity contribution in [1.82, 2.24) is 0 Å². The van der Waals surface area contributed by atoms with Gasteiger partial charge >= 0.3 is 0 Å². The van der Waals surface area contributed by atoms with E-state index >= 15 is 0 Å². The molecule has 0 aliphatic rings. The van der Waals surface area contributed by atoms with Crippen LogP contribution in [0, 0.1) is 6.92 Å². The summed E-state index contributed by atoms with van der Waals surface area (Å²) < 4.78 is 23.2. The second-order valence-corrected chi connectivity index (χ2v) is 7.76. The zero-order valence-corrected chi connectivity index (χ0v) is 19.0. The van der Waals surface area contributed by atoms with Crippen LogP contribution in [0.4, 0.5) is 0 Å². The van der Waals surface area contributed by atoms with Gasteiger partial charge in [-0.05, 0) is 50.2 Å². The lowest BCUT2D eigenvalue weighted by atomic mass is 10.2. The molecule has 0 bridgehead atoms. The van der Waals surface area contributed by atoms with Crippen LogP contribution in [-0.4, -0.2) is 6.61 Å². The van der Waals surface area contributed by atoms with Crippen molar-refractivity contribution in [3.05, 3.63) is 92.3 Å². The minimum Gasteiger partial charge on any atom is -0.490 e. The Hall–Kier alpha value is -3.15. The largest absolute Gasteiger partial charge is 0.490 e. The van der Waals surface area contributed by atoms with Crippen molar-refractivity contribution < 1.29 is 18.6 Å². The molecule has 0 radical (unpaired) electrons. The van der Waals surface area contributed by atoms with Gasteiger partial charge in [0.25, 0.3) is 0 Å². The van der Waals surface area contributed by atoms with Crippen LogP contribution in [0.25, 0.3) is 11.0 Å². The summed E-state index contributed by atoms with van der Waals surface area (Å²) >= 11 is 12.4. The standard InChI is InChI=1S/C25H20Cl2O5/c1-3-29-21-9-4-5-10-22(21)32-25-15(2)31-23-13-16(11-12-17(23)24(25)28)30-14-18-19(26)7-6-8-20(18)27/h4-13H,3,14H2,1-2H3. The molecule has 0 saturated heterocycles. The fourth-order valence-corrected chi connectivity index (χ4v) is 3.73. The maximum atomic E-state index is 13.1. The fourth-order valence-electron chi connectivity index (χ4n) is 3.22. The lowest BCUT2D eigenvalue weighted by molar-refractivity contribution is 0.306. The van der Waals surface area contributed by atoms with E-state index in [2.05, 4.69) is 0 Å². The maximum absolute atomic E-state index is 13.1. The third-order valence-electron chi connectivity index (χ3n) is 4.79. The molecule has 0 unspecified atom stereocenters. The van der Waals surface area contributed by atoms with E-state index in [1.54, 1.807) is 55.5 Å². The van der Waals surface area contributed by atoms with Crippen molar-refractivity contribution in [1.29, 1.82) is 0 Å².